The molecule has 0 aliphatic heterocycles. The van der Waals surface area contributed by atoms with Crippen LogP contribution < -0.4 is 10.5 Å². The molecule has 4 nitrogen and oxygen atoms in total. The predicted molar refractivity (Wildman–Crippen MR) is 61.6 cm³/mol. The molecule has 0 spiro atoms. The molecular formula is C12H17NO3. The van der Waals surface area contributed by atoms with Gasteiger partial charge in [-0.1, -0.05) is 6.07 Å². The van der Waals surface area contributed by atoms with Crippen LogP contribution in [0.15, 0.2) is 12.1 Å². The van der Waals surface area contributed by atoms with E-state index < -0.39 is 12.0 Å². The number of hydrogen-bond acceptors (Lipinski definition) is 3. The highest BCUT2D eigenvalue weighted by Gasteiger charge is 2.14. The minimum Gasteiger partial charge on any atom is -0.496 e. The molecule has 0 saturated carbocycles. The summed E-state index contributed by atoms with van der Waals surface area (Å²) in [5.41, 5.74) is 8.61. The normalized spacial score (nSPS) is 12.2. The Morgan fingerprint density at radius 2 is 2.06 bits per heavy atom. The molecule has 0 bridgehead atoms. The van der Waals surface area contributed by atoms with Crippen molar-refractivity contribution in [3.05, 3.63) is 28.8 Å². The summed E-state index contributed by atoms with van der Waals surface area (Å²) in [6.07, 6.45) is -0.0629. The van der Waals surface area contributed by atoms with E-state index in [-0.39, 0.29) is 6.42 Å². The zero-order valence-corrected chi connectivity index (χ0v) is 9.78. The van der Waals surface area contributed by atoms with Crippen LogP contribution in [0, 0.1) is 13.8 Å². The molecule has 0 heterocycles. The third-order valence-electron chi connectivity index (χ3n) is 2.58. The summed E-state index contributed by atoms with van der Waals surface area (Å²) >= 11 is 0. The highest BCUT2D eigenvalue weighted by Crippen LogP contribution is 2.26. The summed E-state index contributed by atoms with van der Waals surface area (Å²) in [7, 11) is 1.61. The summed E-state index contributed by atoms with van der Waals surface area (Å²) in [5, 5.41) is 8.70. The third-order valence-corrected chi connectivity index (χ3v) is 2.58. The molecule has 1 atom stereocenters. The number of carbonyl (C=O) groups is 1. The molecular weight excluding hydrogens is 206 g/mol. The average molecular weight is 223 g/mol. The van der Waals surface area contributed by atoms with Crippen molar-refractivity contribution in [3.63, 3.8) is 0 Å². The van der Waals surface area contributed by atoms with Crippen molar-refractivity contribution in [1.29, 1.82) is 0 Å². The van der Waals surface area contributed by atoms with Gasteiger partial charge in [-0.05, 0) is 36.6 Å². The molecule has 0 saturated heterocycles. The Kier molecular flexibility index (Phi) is 3.90. The van der Waals surface area contributed by atoms with E-state index in [9.17, 15) is 4.79 Å². The van der Waals surface area contributed by atoms with Gasteiger partial charge in [0.2, 0.25) is 0 Å². The predicted octanol–water partition coefficient (Wildman–Crippen LogP) is 1.79. The number of methoxy groups -OCH3 is 1. The van der Waals surface area contributed by atoms with Crippen molar-refractivity contribution in [2.45, 2.75) is 26.3 Å². The van der Waals surface area contributed by atoms with E-state index in [0.29, 0.717) is 0 Å². The second kappa shape index (κ2) is 4.99. The van der Waals surface area contributed by atoms with Gasteiger partial charge in [0, 0.05) is 6.04 Å². The molecule has 0 fully saturated rings. The van der Waals surface area contributed by atoms with Crippen molar-refractivity contribution in [1.82, 2.24) is 0 Å². The summed E-state index contributed by atoms with van der Waals surface area (Å²) < 4.78 is 5.18. The van der Waals surface area contributed by atoms with Crippen LogP contribution >= 0.6 is 0 Å². The number of nitrogens with two attached hydrogens (primary N) is 1. The molecule has 4 heteroatoms. The minimum atomic E-state index is -0.889. The smallest absolute Gasteiger partial charge is 0.305 e. The molecule has 88 valence electrons. The van der Waals surface area contributed by atoms with Crippen LogP contribution in [-0.4, -0.2) is 18.2 Å². The fraction of sp³-hybridized carbons (Fsp3) is 0.417. The lowest BCUT2D eigenvalue weighted by molar-refractivity contribution is -0.137. The molecule has 3 N–H and O–H groups in total. The van der Waals surface area contributed by atoms with Gasteiger partial charge >= 0.3 is 5.97 Å². The van der Waals surface area contributed by atoms with Crippen LogP contribution in [0.1, 0.15) is 29.2 Å². The fourth-order valence-electron chi connectivity index (χ4n) is 1.73. The van der Waals surface area contributed by atoms with Gasteiger partial charge in [-0.25, -0.2) is 0 Å². The number of carboxylic acid groups (broad SMARTS) is 1. The first-order chi connectivity index (χ1) is 7.45. The molecule has 1 aromatic rings. The van der Waals surface area contributed by atoms with E-state index in [1.165, 1.54) is 0 Å². The monoisotopic (exact) mass is 223 g/mol. The van der Waals surface area contributed by atoms with Crippen LogP contribution in [0.4, 0.5) is 0 Å². The Hall–Kier alpha value is -1.55. The summed E-state index contributed by atoms with van der Waals surface area (Å²) in [6.45, 7) is 3.81. The van der Waals surface area contributed by atoms with E-state index in [4.69, 9.17) is 15.6 Å². The maximum atomic E-state index is 10.6. The quantitative estimate of drug-likeness (QED) is 0.816. The van der Waals surface area contributed by atoms with E-state index in [0.717, 1.165) is 22.4 Å². The molecule has 0 radical (unpaired) electrons. The largest absolute Gasteiger partial charge is 0.496 e. The standard InChI is InChI=1S/C12H17NO3/c1-7-5-11(16-3)8(2)4-9(7)10(13)6-12(14)15/h4-5,10H,6,13H2,1-3H3,(H,14,15)/t10-/m0/s1. The molecule has 16 heavy (non-hydrogen) atoms. The van der Waals surface area contributed by atoms with Gasteiger partial charge in [-0.2, -0.15) is 0 Å². The van der Waals surface area contributed by atoms with Crippen LogP contribution in [0.5, 0.6) is 5.75 Å². The lowest BCUT2D eigenvalue weighted by Crippen LogP contribution is -2.16. The Labute approximate surface area is 95.0 Å². The number of hydrogen-bond donors (Lipinski definition) is 2. The SMILES string of the molecule is COc1cc(C)c([C@@H](N)CC(=O)O)cc1C. The van der Waals surface area contributed by atoms with Crippen LogP contribution in [0.2, 0.25) is 0 Å². The number of rotatable bonds is 4. The number of aryl methyl sites for hydroxylation is 2. The van der Waals surface area contributed by atoms with Gasteiger partial charge in [0.05, 0.1) is 13.5 Å². The number of benzene rings is 1. The van der Waals surface area contributed by atoms with Gasteiger partial charge in [0.15, 0.2) is 0 Å². The Balaban J connectivity index is 3.05. The summed E-state index contributed by atoms with van der Waals surface area (Å²) in [5.74, 6) is -0.0934. The number of carboxylic acids is 1. The van der Waals surface area contributed by atoms with Crippen molar-refractivity contribution in [2.24, 2.45) is 5.73 Å². The maximum absolute atomic E-state index is 10.6. The topological polar surface area (TPSA) is 72.5 Å². The van der Waals surface area contributed by atoms with Gasteiger partial charge < -0.3 is 15.6 Å². The molecule has 0 amide bonds. The number of ether oxygens (including phenoxy) is 1. The minimum absolute atomic E-state index is 0.0629. The van der Waals surface area contributed by atoms with E-state index in [2.05, 4.69) is 0 Å². The van der Waals surface area contributed by atoms with Crippen LogP contribution in [0.3, 0.4) is 0 Å². The third kappa shape index (κ3) is 2.73. The Bertz CT molecular complexity index is 401. The molecule has 0 unspecified atom stereocenters. The van der Waals surface area contributed by atoms with Crippen molar-refractivity contribution in [2.75, 3.05) is 7.11 Å². The maximum Gasteiger partial charge on any atom is 0.305 e. The summed E-state index contributed by atoms with van der Waals surface area (Å²) in [6, 6.07) is 3.30. The van der Waals surface area contributed by atoms with E-state index in [1.54, 1.807) is 7.11 Å². The molecule has 0 aromatic heterocycles. The lowest BCUT2D eigenvalue weighted by Gasteiger charge is -2.15. The zero-order chi connectivity index (χ0) is 12.3. The second-order valence-electron chi connectivity index (χ2n) is 3.88. The summed E-state index contributed by atoms with van der Waals surface area (Å²) in [4.78, 5) is 10.6. The van der Waals surface area contributed by atoms with Crippen molar-refractivity contribution < 1.29 is 14.6 Å². The van der Waals surface area contributed by atoms with E-state index in [1.807, 2.05) is 26.0 Å². The molecule has 1 rings (SSSR count). The first-order valence-electron chi connectivity index (χ1n) is 5.08. The molecule has 0 aliphatic carbocycles. The van der Waals surface area contributed by atoms with E-state index >= 15 is 0 Å². The van der Waals surface area contributed by atoms with Gasteiger partial charge in [-0.15, -0.1) is 0 Å². The Morgan fingerprint density at radius 3 is 2.56 bits per heavy atom. The van der Waals surface area contributed by atoms with Gasteiger partial charge in [-0.3, -0.25) is 4.79 Å². The first-order valence-corrected chi connectivity index (χ1v) is 5.08. The lowest BCUT2D eigenvalue weighted by atomic mass is 9.97. The second-order valence-corrected chi connectivity index (χ2v) is 3.88. The molecule has 1 aromatic carbocycles. The van der Waals surface area contributed by atoms with Gasteiger partial charge in [0.25, 0.3) is 0 Å². The van der Waals surface area contributed by atoms with Crippen LogP contribution in [0.25, 0.3) is 0 Å². The van der Waals surface area contributed by atoms with Gasteiger partial charge in [0.1, 0.15) is 5.75 Å². The average Bonchev–Trinajstić information content (AvgIpc) is 2.19. The van der Waals surface area contributed by atoms with Crippen molar-refractivity contribution in [3.8, 4) is 5.75 Å². The number of aliphatic carboxylic acids is 1. The zero-order valence-electron chi connectivity index (χ0n) is 9.78. The first kappa shape index (κ1) is 12.5. The molecule has 0 aliphatic rings. The van der Waals surface area contributed by atoms with Crippen LogP contribution in [-0.2, 0) is 4.79 Å². The highest BCUT2D eigenvalue weighted by atomic mass is 16.5. The fourth-order valence-corrected chi connectivity index (χ4v) is 1.73. The van der Waals surface area contributed by atoms with Crippen molar-refractivity contribution >= 4 is 5.97 Å². The highest BCUT2D eigenvalue weighted by molar-refractivity contribution is 5.68. The Morgan fingerprint density at radius 1 is 1.44 bits per heavy atom.